The van der Waals surface area contributed by atoms with Gasteiger partial charge in [0.05, 0.1) is 0 Å². The van der Waals surface area contributed by atoms with Crippen molar-refractivity contribution in [1.29, 1.82) is 0 Å². The Balaban J connectivity index is 2.59. The molecule has 0 aromatic rings. The SMILES string of the molecule is CN1CCC(C)(CN)CC1=O. The van der Waals surface area contributed by atoms with Crippen LogP contribution in [0, 0.1) is 5.41 Å². The predicted octanol–water partition coefficient (Wildman–Crippen LogP) is 0.204. The first kappa shape index (κ1) is 8.53. The van der Waals surface area contributed by atoms with Gasteiger partial charge in [-0.1, -0.05) is 6.92 Å². The fourth-order valence-corrected chi connectivity index (χ4v) is 1.32. The number of carbonyl (C=O) groups is 1. The zero-order valence-corrected chi connectivity index (χ0v) is 7.26. The number of amides is 1. The summed E-state index contributed by atoms with van der Waals surface area (Å²) < 4.78 is 0. The molecule has 1 unspecified atom stereocenters. The summed E-state index contributed by atoms with van der Waals surface area (Å²) in [4.78, 5) is 13.0. The third-order valence-electron chi connectivity index (χ3n) is 2.55. The van der Waals surface area contributed by atoms with Crippen LogP contribution in [0.2, 0.25) is 0 Å². The van der Waals surface area contributed by atoms with Gasteiger partial charge in [0, 0.05) is 20.0 Å². The summed E-state index contributed by atoms with van der Waals surface area (Å²) in [6.45, 7) is 3.55. The standard InChI is InChI=1S/C8H16N2O/c1-8(6-9)3-4-10(2)7(11)5-8/h3-6,9H2,1-2H3. The second-order valence-electron chi connectivity index (χ2n) is 3.76. The van der Waals surface area contributed by atoms with Crippen LogP contribution in [0.15, 0.2) is 0 Å². The molecule has 0 bridgehead atoms. The highest BCUT2D eigenvalue weighted by Gasteiger charge is 2.32. The Labute approximate surface area is 67.5 Å². The Morgan fingerprint density at radius 1 is 1.73 bits per heavy atom. The van der Waals surface area contributed by atoms with Gasteiger partial charge in [-0.2, -0.15) is 0 Å². The van der Waals surface area contributed by atoms with Crippen LogP contribution in [0.1, 0.15) is 19.8 Å². The maximum absolute atomic E-state index is 11.2. The second kappa shape index (κ2) is 2.81. The van der Waals surface area contributed by atoms with Crippen molar-refractivity contribution in [2.24, 2.45) is 11.1 Å². The molecule has 1 saturated heterocycles. The Morgan fingerprint density at radius 2 is 2.36 bits per heavy atom. The molecule has 0 saturated carbocycles. The summed E-state index contributed by atoms with van der Waals surface area (Å²) in [5.74, 6) is 0.226. The fourth-order valence-electron chi connectivity index (χ4n) is 1.32. The molecule has 1 aliphatic heterocycles. The summed E-state index contributed by atoms with van der Waals surface area (Å²) in [5, 5.41) is 0. The van der Waals surface area contributed by atoms with Gasteiger partial charge in [-0.3, -0.25) is 4.79 Å². The van der Waals surface area contributed by atoms with Gasteiger partial charge >= 0.3 is 0 Å². The maximum atomic E-state index is 11.2. The van der Waals surface area contributed by atoms with Gasteiger partial charge in [0.15, 0.2) is 0 Å². The Bertz CT molecular complexity index is 169. The molecule has 0 spiro atoms. The number of hydrogen-bond donors (Lipinski definition) is 1. The first-order valence-corrected chi connectivity index (χ1v) is 4.01. The van der Waals surface area contributed by atoms with E-state index in [0.29, 0.717) is 13.0 Å². The Hall–Kier alpha value is -0.570. The second-order valence-corrected chi connectivity index (χ2v) is 3.76. The minimum absolute atomic E-state index is 0.0591. The van der Waals surface area contributed by atoms with Crippen molar-refractivity contribution in [3.05, 3.63) is 0 Å². The highest BCUT2D eigenvalue weighted by atomic mass is 16.2. The minimum Gasteiger partial charge on any atom is -0.346 e. The van der Waals surface area contributed by atoms with Gasteiger partial charge in [0.1, 0.15) is 0 Å². The molecule has 0 aromatic carbocycles. The van der Waals surface area contributed by atoms with E-state index >= 15 is 0 Å². The average molecular weight is 156 g/mol. The summed E-state index contributed by atoms with van der Waals surface area (Å²) in [5.41, 5.74) is 5.63. The Kier molecular flexibility index (Phi) is 2.18. The summed E-state index contributed by atoms with van der Waals surface area (Å²) in [6.07, 6.45) is 1.64. The Morgan fingerprint density at radius 3 is 2.82 bits per heavy atom. The van der Waals surface area contributed by atoms with Crippen molar-refractivity contribution in [3.8, 4) is 0 Å². The van der Waals surface area contributed by atoms with E-state index in [1.807, 2.05) is 7.05 Å². The molecule has 3 heteroatoms. The van der Waals surface area contributed by atoms with E-state index in [2.05, 4.69) is 6.92 Å². The molecule has 0 aromatic heterocycles. The van der Waals surface area contributed by atoms with E-state index in [0.717, 1.165) is 13.0 Å². The topological polar surface area (TPSA) is 46.3 Å². The quantitative estimate of drug-likeness (QED) is 0.589. The van der Waals surface area contributed by atoms with Crippen LogP contribution in [0.3, 0.4) is 0 Å². The molecule has 1 rings (SSSR count). The smallest absolute Gasteiger partial charge is 0.222 e. The number of rotatable bonds is 1. The van der Waals surface area contributed by atoms with Crippen molar-refractivity contribution in [3.63, 3.8) is 0 Å². The van der Waals surface area contributed by atoms with Gasteiger partial charge in [-0.05, 0) is 18.4 Å². The van der Waals surface area contributed by atoms with Crippen LogP contribution >= 0.6 is 0 Å². The molecule has 1 amide bonds. The molecule has 0 aliphatic carbocycles. The lowest BCUT2D eigenvalue weighted by Gasteiger charge is -2.36. The van der Waals surface area contributed by atoms with Crippen LogP contribution < -0.4 is 5.73 Å². The number of hydrogen-bond acceptors (Lipinski definition) is 2. The van der Waals surface area contributed by atoms with Crippen molar-refractivity contribution in [1.82, 2.24) is 4.90 Å². The molecule has 3 nitrogen and oxygen atoms in total. The predicted molar refractivity (Wildman–Crippen MR) is 44.0 cm³/mol. The molecule has 0 radical (unpaired) electrons. The van der Waals surface area contributed by atoms with E-state index in [1.54, 1.807) is 4.90 Å². The minimum atomic E-state index is 0.0591. The van der Waals surface area contributed by atoms with E-state index in [9.17, 15) is 4.79 Å². The molecular formula is C8H16N2O. The van der Waals surface area contributed by atoms with Crippen LogP contribution in [0.5, 0.6) is 0 Å². The van der Waals surface area contributed by atoms with Crippen LogP contribution in [-0.4, -0.2) is 30.9 Å². The summed E-state index contributed by atoms with van der Waals surface area (Å²) in [7, 11) is 1.85. The van der Waals surface area contributed by atoms with Crippen molar-refractivity contribution < 1.29 is 4.79 Å². The molecule has 1 atom stereocenters. The monoisotopic (exact) mass is 156 g/mol. The maximum Gasteiger partial charge on any atom is 0.222 e. The van der Waals surface area contributed by atoms with E-state index in [-0.39, 0.29) is 11.3 Å². The molecule has 1 aliphatic rings. The highest BCUT2D eigenvalue weighted by molar-refractivity contribution is 5.77. The van der Waals surface area contributed by atoms with Crippen LogP contribution in [0.25, 0.3) is 0 Å². The lowest BCUT2D eigenvalue weighted by atomic mass is 9.80. The first-order valence-electron chi connectivity index (χ1n) is 4.01. The number of likely N-dealkylation sites (tertiary alicyclic amines) is 1. The number of piperidine rings is 1. The zero-order valence-electron chi connectivity index (χ0n) is 7.26. The third kappa shape index (κ3) is 1.71. The highest BCUT2D eigenvalue weighted by Crippen LogP contribution is 2.29. The lowest BCUT2D eigenvalue weighted by Crippen LogP contribution is -2.43. The van der Waals surface area contributed by atoms with E-state index in [1.165, 1.54) is 0 Å². The van der Waals surface area contributed by atoms with Gasteiger partial charge in [-0.25, -0.2) is 0 Å². The zero-order chi connectivity index (χ0) is 8.48. The summed E-state index contributed by atoms with van der Waals surface area (Å²) >= 11 is 0. The van der Waals surface area contributed by atoms with Crippen molar-refractivity contribution in [2.45, 2.75) is 19.8 Å². The van der Waals surface area contributed by atoms with Gasteiger partial charge < -0.3 is 10.6 Å². The number of carbonyl (C=O) groups excluding carboxylic acids is 1. The average Bonchev–Trinajstić information content (AvgIpc) is 1.98. The molecule has 1 heterocycles. The molecular weight excluding hydrogens is 140 g/mol. The number of nitrogens with two attached hydrogens (primary N) is 1. The first-order chi connectivity index (χ1) is 5.07. The van der Waals surface area contributed by atoms with Gasteiger partial charge in [-0.15, -0.1) is 0 Å². The van der Waals surface area contributed by atoms with E-state index in [4.69, 9.17) is 5.73 Å². The summed E-state index contributed by atoms with van der Waals surface area (Å²) in [6, 6.07) is 0. The van der Waals surface area contributed by atoms with Crippen LogP contribution in [-0.2, 0) is 4.79 Å². The van der Waals surface area contributed by atoms with Gasteiger partial charge in [0.25, 0.3) is 0 Å². The third-order valence-corrected chi connectivity index (χ3v) is 2.55. The molecule has 11 heavy (non-hydrogen) atoms. The van der Waals surface area contributed by atoms with Crippen molar-refractivity contribution in [2.75, 3.05) is 20.1 Å². The largest absolute Gasteiger partial charge is 0.346 e. The lowest BCUT2D eigenvalue weighted by molar-refractivity contribution is -0.135. The fraction of sp³-hybridized carbons (Fsp3) is 0.875. The number of nitrogens with zero attached hydrogens (tertiary/aromatic N) is 1. The normalized spacial score (nSPS) is 32.6. The van der Waals surface area contributed by atoms with Crippen molar-refractivity contribution >= 4 is 5.91 Å². The van der Waals surface area contributed by atoms with E-state index < -0.39 is 0 Å². The molecule has 2 N–H and O–H groups in total. The van der Waals surface area contributed by atoms with Gasteiger partial charge in [0.2, 0.25) is 5.91 Å². The van der Waals surface area contributed by atoms with Crippen LogP contribution in [0.4, 0.5) is 0 Å². The molecule has 64 valence electrons. The molecule has 1 fully saturated rings.